The number of phenolic OH excluding ortho intramolecular Hbond substituents is 1. The average Bonchev–Trinajstić information content (AvgIpc) is 2.95. The molecule has 1 amide bonds. The molecule has 0 aliphatic carbocycles. The van der Waals surface area contributed by atoms with Crippen molar-refractivity contribution in [3.8, 4) is 11.5 Å². The van der Waals surface area contributed by atoms with Crippen LogP contribution in [0.15, 0.2) is 48.0 Å². The molecule has 1 aliphatic rings. The second kappa shape index (κ2) is 8.55. The zero-order valence-corrected chi connectivity index (χ0v) is 16.4. The monoisotopic (exact) mass is 417 g/mol. The first kappa shape index (κ1) is 20.7. The molecule has 0 spiro atoms. The molecule has 2 aromatic rings. The van der Waals surface area contributed by atoms with Gasteiger partial charge in [-0.15, -0.1) is 0 Å². The number of hydrogen-bond donors (Lipinski definition) is 3. The molecular weight excluding hydrogens is 398 g/mol. The van der Waals surface area contributed by atoms with Crippen LogP contribution in [0.3, 0.4) is 0 Å². The van der Waals surface area contributed by atoms with Gasteiger partial charge in [-0.05, 0) is 48.9 Å². The Balaban J connectivity index is 2.19. The summed E-state index contributed by atoms with van der Waals surface area (Å²) < 4.78 is 5.40. The van der Waals surface area contributed by atoms with Gasteiger partial charge in [0.25, 0.3) is 11.7 Å². The number of hydrogen-bond acceptors (Lipinski definition) is 6. The van der Waals surface area contributed by atoms with Gasteiger partial charge in [0, 0.05) is 17.1 Å². The summed E-state index contributed by atoms with van der Waals surface area (Å²) in [6.45, 7) is 1.60. The summed E-state index contributed by atoms with van der Waals surface area (Å²) in [5, 5.41) is 30.7. The van der Waals surface area contributed by atoms with Gasteiger partial charge >= 0.3 is 0 Å². The quantitative estimate of drug-likeness (QED) is 0.379. The van der Waals surface area contributed by atoms with E-state index in [1.54, 1.807) is 19.1 Å². The molecule has 0 aromatic heterocycles. The van der Waals surface area contributed by atoms with Crippen molar-refractivity contribution in [2.45, 2.75) is 13.0 Å². The third-order valence-electron chi connectivity index (χ3n) is 4.60. The molecule has 29 heavy (non-hydrogen) atoms. The van der Waals surface area contributed by atoms with Crippen molar-refractivity contribution in [2.24, 2.45) is 0 Å². The lowest BCUT2D eigenvalue weighted by atomic mass is 9.95. The van der Waals surface area contributed by atoms with Crippen molar-refractivity contribution >= 4 is 29.1 Å². The second-order valence-electron chi connectivity index (χ2n) is 6.38. The fourth-order valence-electron chi connectivity index (χ4n) is 3.30. The summed E-state index contributed by atoms with van der Waals surface area (Å²) in [5.41, 5.74) is 0.665. The van der Waals surface area contributed by atoms with E-state index in [4.69, 9.17) is 16.3 Å². The number of benzene rings is 2. The summed E-state index contributed by atoms with van der Waals surface area (Å²) in [6, 6.07) is 9.68. The van der Waals surface area contributed by atoms with Crippen molar-refractivity contribution in [1.82, 2.24) is 4.90 Å². The smallest absolute Gasteiger partial charge is 0.295 e. The maximum absolute atomic E-state index is 12.7. The Morgan fingerprint density at radius 3 is 2.48 bits per heavy atom. The maximum atomic E-state index is 12.7. The summed E-state index contributed by atoms with van der Waals surface area (Å²) in [4.78, 5) is 26.5. The Morgan fingerprint density at radius 1 is 1.17 bits per heavy atom. The number of rotatable bonds is 6. The van der Waals surface area contributed by atoms with Crippen LogP contribution in [0.5, 0.6) is 11.5 Å². The van der Waals surface area contributed by atoms with Crippen LogP contribution >= 0.6 is 11.6 Å². The molecule has 0 radical (unpaired) electrons. The van der Waals surface area contributed by atoms with Gasteiger partial charge in [-0.2, -0.15) is 0 Å². The summed E-state index contributed by atoms with van der Waals surface area (Å²) in [6.07, 6.45) is 0. The minimum atomic E-state index is -0.947. The Labute approximate surface area is 172 Å². The normalized spacial score (nSPS) is 18.3. The molecule has 3 rings (SSSR count). The highest BCUT2D eigenvalue weighted by Crippen LogP contribution is 2.41. The number of aromatic hydroxyl groups is 1. The number of aliphatic hydroxyl groups is 2. The fourth-order valence-corrected chi connectivity index (χ4v) is 3.43. The molecule has 1 fully saturated rings. The standard InChI is InChI=1S/C21H20ClNO6/c1-2-29-16-11-13(5-8-15(16)25)18-17(20(27)21(28)23(18)9-10-24)19(26)12-3-6-14(22)7-4-12/h3-8,11,18,24-26H,2,9-10H2,1H3/t18-/m1/s1. The number of aliphatic hydroxyl groups excluding tert-OH is 2. The van der Waals surface area contributed by atoms with Crippen molar-refractivity contribution in [3.05, 3.63) is 64.2 Å². The highest BCUT2D eigenvalue weighted by molar-refractivity contribution is 6.46. The number of β-amino-alcohol motifs (C(OH)–C–C–N with tert-alkyl or cyclic N) is 1. The first-order chi connectivity index (χ1) is 13.9. The van der Waals surface area contributed by atoms with Crippen LogP contribution in [0.1, 0.15) is 24.1 Å². The maximum Gasteiger partial charge on any atom is 0.295 e. The number of Topliss-reactive ketones (excluding diaryl/α,β-unsaturated/α-hetero) is 1. The predicted octanol–water partition coefficient (Wildman–Crippen LogP) is 2.86. The summed E-state index contributed by atoms with van der Waals surface area (Å²) in [7, 11) is 0. The van der Waals surface area contributed by atoms with E-state index < -0.39 is 17.7 Å². The number of carbonyl (C=O) groups excluding carboxylic acids is 2. The van der Waals surface area contributed by atoms with Crippen molar-refractivity contribution in [3.63, 3.8) is 0 Å². The van der Waals surface area contributed by atoms with Gasteiger partial charge in [-0.25, -0.2) is 0 Å². The van der Waals surface area contributed by atoms with E-state index in [2.05, 4.69) is 0 Å². The number of amides is 1. The van der Waals surface area contributed by atoms with Crippen LogP contribution in [-0.4, -0.2) is 51.7 Å². The molecule has 3 N–H and O–H groups in total. The van der Waals surface area contributed by atoms with E-state index in [9.17, 15) is 24.9 Å². The van der Waals surface area contributed by atoms with Crippen LogP contribution in [0, 0.1) is 0 Å². The van der Waals surface area contributed by atoms with Crippen molar-refractivity contribution in [2.75, 3.05) is 19.8 Å². The molecule has 1 heterocycles. The highest BCUT2D eigenvalue weighted by Gasteiger charge is 2.46. The first-order valence-electron chi connectivity index (χ1n) is 9.00. The molecule has 152 valence electrons. The van der Waals surface area contributed by atoms with Crippen LogP contribution in [0.4, 0.5) is 0 Å². The number of ketones is 1. The van der Waals surface area contributed by atoms with Crippen LogP contribution in [0.25, 0.3) is 5.76 Å². The van der Waals surface area contributed by atoms with Crippen LogP contribution < -0.4 is 4.74 Å². The molecule has 1 saturated heterocycles. The molecule has 2 aromatic carbocycles. The van der Waals surface area contributed by atoms with E-state index >= 15 is 0 Å². The van der Waals surface area contributed by atoms with Crippen molar-refractivity contribution < 1.29 is 29.6 Å². The van der Waals surface area contributed by atoms with E-state index in [0.717, 1.165) is 0 Å². The first-order valence-corrected chi connectivity index (χ1v) is 9.37. The van der Waals surface area contributed by atoms with E-state index in [-0.39, 0.29) is 36.0 Å². The fraction of sp³-hybridized carbons (Fsp3) is 0.238. The van der Waals surface area contributed by atoms with E-state index in [0.29, 0.717) is 22.8 Å². The molecular formula is C21H20ClNO6. The predicted molar refractivity (Wildman–Crippen MR) is 107 cm³/mol. The van der Waals surface area contributed by atoms with Crippen molar-refractivity contribution in [1.29, 1.82) is 0 Å². The van der Waals surface area contributed by atoms with E-state index in [1.807, 2.05) is 0 Å². The number of carbonyl (C=O) groups is 2. The Bertz CT molecular complexity index is 970. The Hall–Kier alpha value is -3.03. The molecule has 0 unspecified atom stereocenters. The van der Waals surface area contributed by atoms with Gasteiger partial charge in [-0.1, -0.05) is 17.7 Å². The lowest BCUT2D eigenvalue weighted by Gasteiger charge is -2.25. The van der Waals surface area contributed by atoms with Crippen LogP contribution in [0.2, 0.25) is 5.02 Å². The van der Waals surface area contributed by atoms with Gasteiger partial charge in [-0.3, -0.25) is 9.59 Å². The zero-order chi connectivity index (χ0) is 21.1. The molecule has 0 bridgehead atoms. The summed E-state index contributed by atoms with van der Waals surface area (Å²) in [5.74, 6) is -1.94. The van der Waals surface area contributed by atoms with Gasteiger partial charge in [0.05, 0.1) is 24.8 Å². The minimum absolute atomic E-state index is 0.0904. The molecule has 0 saturated carbocycles. The van der Waals surface area contributed by atoms with Gasteiger partial charge < -0.3 is 25.0 Å². The SMILES string of the molecule is CCOc1cc([C@@H]2C(=C(O)c3ccc(Cl)cc3)C(=O)C(=O)N2CCO)ccc1O. The Kier molecular flexibility index (Phi) is 6.10. The molecule has 7 nitrogen and oxygen atoms in total. The second-order valence-corrected chi connectivity index (χ2v) is 6.82. The topological polar surface area (TPSA) is 107 Å². The number of nitrogens with zero attached hydrogens (tertiary/aromatic N) is 1. The highest BCUT2D eigenvalue weighted by atomic mass is 35.5. The molecule has 1 atom stereocenters. The number of halogens is 1. The van der Waals surface area contributed by atoms with Crippen LogP contribution in [-0.2, 0) is 9.59 Å². The van der Waals surface area contributed by atoms with Gasteiger partial charge in [0.2, 0.25) is 0 Å². The third kappa shape index (κ3) is 3.92. The lowest BCUT2D eigenvalue weighted by Crippen LogP contribution is -2.32. The largest absolute Gasteiger partial charge is 0.507 e. The minimum Gasteiger partial charge on any atom is -0.507 e. The lowest BCUT2D eigenvalue weighted by molar-refractivity contribution is -0.140. The Morgan fingerprint density at radius 2 is 1.86 bits per heavy atom. The zero-order valence-electron chi connectivity index (χ0n) is 15.6. The van der Waals surface area contributed by atoms with Gasteiger partial charge in [0.15, 0.2) is 11.5 Å². The third-order valence-corrected chi connectivity index (χ3v) is 4.85. The van der Waals surface area contributed by atoms with Gasteiger partial charge in [0.1, 0.15) is 5.76 Å². The molecule has 8 heteroatoms. The number of ether oxygens (including phenoxy) is 1. The molecule has 1 aliphatic heterocycles. The average molecular weight is 418 g/mol. The van der Waals surface area contributed by atoms with E-state index in [1.165, 1.54) is 35.2 Å². The number of likely N-dealkylation sites (tertiary alicyclic amines) is 1. The summed E-state index contributed by atoms with van der Waals surface area (Å²) >= 11 is 5.89. The number of phenols is 1.